The predicted octanol–water partition coefficient (Wildman–Crippen LogP) is 1.29. The van der Waals surface area contributed by atoms with Crippen LogP contribution in [0.25, 0.3) is 0 Å². The minimum absolute atomic E-state index is 0.0807. The number of carbonyl (C=O) groups is 1. The van der Waals surface area contributed by atoms with Crippen LogP contribution in [0.2, 0.25) is 0 Å². The normalized spacial score (nSPS) is 23.6. The van der Waals surface area contributed by atoms with E-state index in [4.69, 9.17) is 0 Å². The molecule has 0 radical (unpaired) electrons. The Morgan fingerprint density at radius 1 is 1.33 bits per heavy atom. The van der Waals surface area contributed by atoms with Crippen molar-refractivity contribution >= 4 is 5.91 Å². The molecule has 4 heteroatoms. The highest BCUT2D eigenvalue weighted by molar-refractivity contribution is 5.78. The number of amides is 1. The molecule has 0 saturated heterocycles. The summed E-state index contributed by atoms with van der Waals surface area (Å²) in [6, 6.07) is 5.80. The molecule has 0 aliphatic heterocycles. The molecule has 0 aromatic carbocycles. The predicted molar refractivity (Wildman–Crippen MR) is 68.9 cm³/mol. The maximum Gasteiger partial charge on any atom is 0.223 e. The third kappa shape index (κ3) is 3.81. The van der Waals surface area contributed by atoms with E-state index in [0.717, 1.165) is 37.8 Å². The summed E-state index contributed by atoms with van der Waals surface area (Å²) in [5, 5.41) is 12.3. The molecule has 1 aliphatic carbocycles. The van der Waals surface area contributed by atoms with Crippen LogP contribution in [0.3, 0.4) is 0 Å². The molecule has 0 bridgehead atoms. The van der Waals surface area contributed by atoms with E-state index in [1.807, 2.05) is 18.2 Å². The Labute approximate surface area is 107 Å². The van der Waals surface area contributed by atoms with Gasteiger partial charge in [0.15, 0.2) is 0 Å². The van der Waals surface area contributed by atoms with Crippen LogP contribution in [0.1, 0.15) is 31.4 Å². The van der Waals surface area contributed by atoms with E-state index in [-0.39, 0.29) is 17.9 Å². The standard InChI is InChI=1S/C14H20N2O2/c17-13-6-4-11(5-7-13)14(18)16-10-8-12-3-1-2-9-15-12/h1-3,9,11,13,17H,4-8,10H2,(H,16,18). The lowest BCUT2D eigenvalue weighted by Gasteiger charge is -2.24. The number of aromatic nitrogens is 1. The van der Waals surface area contributed by atoms with Crippen molar-refractivity contribution in [1.29, 1.82) is 0 Å². The maximum atomic E-state index is 11.9. The van der Waals surface area contributed by atoms with Crippen LogP contribution >= 0.6 is 0 Å². The first kappa shape index (κ1) is 13.0. The second-order valence-corrected chi connectivity index (χ2v) is 4.87. The van der Waals surface area contributed by atoms with Crippen LogP contribution in [0.5, 0.6) is 0 Å². The van der Waals surface area contributed by atoms with Gasteiger partial charge >= 0.3 is 0 Å². The van der Waals surface area contributed by atoms with Crippen molar-refractivity contribution in [2.75, 3.05) is 6.54 Å². The first-order valence-corrected chi connectivity index (χ1v) is 6.61. The van der Waals surface area contributed by atoms with E-state index in [0.29, 0.717) is 6.54 Å². The minimum atomic E-state index is -0.206. The van der Waals surface area contributed by atoms with Crippen molar-refractivity contribution in [1.82, 2.24) is 10.3 Å². The van der Waals surface area contributed by atoms with Crippen LogP contribution in [0, 0.1) is 5.92 Å². The summed E-state index contributed by atoms with van der Waals surface area (Å²) in [6.07, 6.45) is 5.42. The van der Waals surface area contributed by atoms with E-state index in [1.54, 1.807) is 6.20 Å². The average molecular weight is 248 g/mol. The summed E-state index contributed by atoms with van der Waals surface area (Å²) < 4.78 is 0. The van der Waals surface area contributed by atoms with Crippen LogP contribution in [-0.2, 0) is 11.2 Å². The first-order valence-electron chi connectivity index (χ1n) is 6.61. The number of hydrogen-bond donors (Lipinski definition) is 2. The molecule has 0 atom stereocenters. The van der Waals surface area contributed by atoms with Gasteiger partial charge in [-0.2, -0.15) is 0 Å². The van der Waals surface area contributed by atoms with Crippen molar-refractivity contribution in [2.24, 2.45) is 5.92 Å². The highest BCUT2D eigenvalue weighted by Crippen LogP contribution is 2.24. The lowest BCUT2D eigenvalue weighted by atomic mass is 9.87. The topological polar surface area (TPSA) is 62.2 Å². The smallest absolute Gasteiger partial charge is 0.223 e. The van der Waals surface area contributed by atoms with Gasteiger partial charge in [-0.15, -0.1) is 0 Å². The number of nitrogens with one attached hydrogen (secondary N) is 1. The summed E-state index contributed by atoms with van der Waals surface area (Å²) in [6.45, 7) is 0.634. The second-order valence-electron chi connectivity index (χ2n) is 4.87. The number of hydrogen-bond acceptors (Lipinski definition) is 3. The van der Waals surface area contributed by atoms with Crippen LogP contribution < -0.4 is 5.32 Å². The van der Waals surface area contributed by atoms with Crippen molar-refractivity contribution in [3.8, 4) is 0 Å². The molecular formula is C14H20N2O2. The Kier molecular flexibility index (Phi) is 4.70. The third-order valence-corrected chi connectivity index (χ3v) is 3.47. The van der Waals surface area contributed by atoms with Gasteiger partial charge < -0.3 is 10.4 Å². The number of carbonyl (C=O) groups excluding carboxylic acids is 1. The van der Waals surface area contributed by atoms with Crippen LogP contribution in [0.4, 0.5) is 0 Å². The molecule has 2 N–H and O–H groups in total. The molecule has 18 heavy (non-hydrogen) atoms. The molecule has 1 fully saturated rings. The molecule has 1 amide bonds. The highest BCUT2D eigenvalue weighted by Gasteiger charge is 2.24. The van der Waals surface area contributed by atoms with Gasteiger partial charge in [0, 0.05) is 30.8 Å². The van der Waals surface area contributed by atoms with Gasteiger partial charge in [0.05, 0.1) is 6.10 Å². The molecule has 1 heterocycles. The number of pyridine rings is 1. The Morgan fingerprint density at radius 2 is 2.11 bits per heavy atom. The first-order chi connectivity index (χ1) is 8.75. The zero-order chi connectivity index (χ0) is 12.8. The quantitative estimate of drug-likeness (QED) is 0.844. The van der Waals surface area contributed by atoms with Crippen LogP contribution in [-0.4, -0.2) is 28.6 Å². The number of nitrogens with zero attached hydrogens (tertiary/aromatic N) is 1. The second kappa shape index (κ2) is 6.50. The monoisotopic (exact) mass is 248 g/mol. The maximum absolute atomic E-state index is 11.9. The Balaban J connectivity index is 1.69. The average Bonchev–Trinajstić information content (AvgIpc) is 2.40. The lowest BCUT2D eigenvalue weighted by Crippen LogP contribution is -2.35. The molecule has 4 nitrogen and oxygen atoms in total. The molecule has 1 aromatic heterocycles. The summed E-state index contributed by atoms with van der Waals surface area (Å²) in [7, 11) is 0. The Bertz CT molecular complexity index is 373. The minimum Gasteiger partial charge on any atom is -0.393 e. The number of rotatable bonds is 4. The van der Waals surface area contributed by atoms with E-state index < -0.39 is 0 Å². The summed E-state index contributed by atoms with van der Waals surface area (Å²) in [5.41, 5.74) is 0.997. The van der Waals surface area contributed by atoms with E-state index in [1.165, 1.54) is 0 Å². The highest BCUT2D eigenvalue weighted by atomic mass is 16.3. The van der Waals surface area contributed by atoms with Gasteiger partial charge in [0.1, 0.15) is 0 Å². The van der Waals surface area contributed by atoms with Gasteiger partial charge in [-0.25, -0.2) is 0 Å². The van der Waals surface area contributed by atoms with Crippen LogP contribution in [0.15, 0.2) is 24.4 Å². The van der Waals surface area contributed by atoms with Gasteiger partial charge in [0.25, 0.3) is 0 Å². The van der Waals surface area contributed by atoms with Crippen molar-refractivity contribution < 1.29 is 9.90 Å². The summed E-state index contributed by atoms with van der Waals surface area (Å²) >= 11 is 0. The molecule has 1 aromatic rings. The zero-order valence-electron chi connectivity index (χ0n) is 10.5. The molecule has 1 aliphatic rings. The molecule has 2 rings (SSSR count). The van der Waals surface area contributed by atoms with Gasteiger partial charge in [-0.05, 0) is 37.8 Å². The SMILES string of the molecule is O=C(NCCc1ccccn1)C1CCC(O)CC1. The van der Waals surface area contributed by atoms with Crippen molar-refractivity contribution in [3.05, 3.63) is 30.1 Å². The molecule has 98 valence electrons. The van der Waals surface area contributed by atoms with Gasteiger partial charge in [0.2, 0.25) is 5.91 Å². The zero-order valence-corrected chi connectivity index (χ0v) is 10.5. The van der Waals surface area contributed by atoms with E-state index in [9.17, 15) is 9.90 Å². The van der Waals surface area contributed by atoms with Gasteiger partial charge in [-0.3, -0.25) is 9.78 Å². The third-order valence-electron chi connectivity index (χ3n) is 3.47. The largest absolute Gasteiger partial charge is 0.393 e. The fourth-order valence-electron chi connectivity index (χ4n) is 2.34. The molecular weight excluding hydrogens is 228 g/mol. The summed E-state index contributed by atoms with van der Waals surface area (Å²) in [5.74, 6) is 0.204. The molecule has 0 spiro atoms. The Morgan fingerprint density at radius 3 is 2.78 bits per heavy atom. The van der Waals surface area contributed by atoms with E-state index in [2.05, 4.69) is 10.3 Å². The van der Waals surface area contributed by atoms with Crippen molar-refractivity contribution in [2.45, 2.75) is 38.2 Å². The summed E-state index contributed by atoms with van der Waals surface area (Å²) in [4.78, 5) is 16.1. The van der Waals surface area contributed by atoms with E-state index >= 15 is 0 Å². The fraction of sp³-hybridized carbons (Fsp3) is 0.571. The molecule has 0 unspecified atom stereocenters. The lowest BCUT2D eigenvalue weighted by molar-refractivity contribution is -0.126. The van der Waals surface area contributed by atoms with Crippen molar-refractivity contribution in [3.63, 3.8) is 0 Å². The number of aliphatic hydroxyl groups excluding tert-OH is 1. The molecule has 1 saturated carbocycles. The van der Waals surface area contributed by atoms with Gasteiger partial charge in [-0.1, -0.05) is 6.07 Å². The Hall–Kier alpha value is -1.42. The fourth-order valence-corrected chi connectivity index (χ4v) is 2.34. The number of aliphatic hydroxyl groups is 1.